The molecule has 1 saturated carbocycles. The van der Waals surface area contributed by atoms with Crippen molar-refractivity contribution < 1.29 is 4.74 Å². The first-order valence-electron chi connectivity index (χ1n) is 4.68. The van der Waals surface area contributed by atoms with Crippen molar-refractivity contribution in [2.75, 3.05) is 7.11 Å². The SMILES string of the molecule is CO[C@@]1(C)C[C@H]1N=C(N)C(C)(C)C. The summed E-state index contributed by atoms with van der Waals surface area (Å²) in [5.41, 5.74) is 5.77. The lowest BCUT2D eigenvalue weighted by molar-refractivity contribution is 0.0918. The number of hydrogen-bond acceptors (Lipinski definition) is 2. The van der Waals surface area contributed by atoms with Gasteiger partial charge in [0.15, 0.2) is 0 Å². The second-order valence-corrected chi connectivity index (χ2v) is 5.00. The highest BCUT2D eigenvalue weighted by Crippen LogP contribution is 2.42. The maximum Gasteiger partial charge on any atom is 0.0996 e. The number of nitrogens with zero attached hydrogens (tertiary/aromatic N) is 1. The summed E-state index contributed by atoms with van der Waals surface area (Å²) >= 11 is 0. The third kappa shape index (κ3) is 2.21. The molecule has 13 heavy (non-hydrogen) atoms. The predicted octanol–water partition coefficient (Wildman–Crippen LogP) is 1.57. The van der Waals surface area contributed by atoms with E-state index in [-0.39, 0.29) is 17.1 Å². The number of methoxy groups -OCH3 is 1. The second kappa shape index (κ2) is 2.98. The molecule has 0 saturated heterocycles. The van der Waals surface area contributed by atoms with E-state index in [0.29, 0.717) is 0 Å². The zero-order valence-corrected chi connectivity index (χ0v) is 9.22. The van der Waals surface area contributed by atoms with Crippen LogP contribution >= 0.6 is 0 Å². The van der Waals surface area contributed by atoms with Crippen LogP contribution in [0.5, 0.6) is 0 Å². The third-order valence-electron chi connectivity index (χ3n) is 2.67. The van der Waals surface area contributed by atoms with Crippen molar-refractivity contribution in [3.63, 3.8) is 0 Å². The summed E-state index contributed by atoms with van der Waals surface area (Å²) < 4.78 is 5.31. The molecule has 0 aromatic carbocycles. The van der Waals surface area contributed by atoms with E-state index in [1.54, 1.807) is 7.11 Å². The van der Waals surface area contributed by atoms with Crippen LogP contribution in [0.4, 0.5) is 0 Å². The Morgan fingerprint density at radius 1 is 1.54 bits per heavy atom. The van der Waals surface area contributed by atoms with Gasteiger partial charge in [-0.1, -0.05) is 20.8 Å². The van der Waals surface area contributed by atoms with Crippen LogP contribution in [-0.4, -0.2) is 24.6 Å². The van der Waals surface area contributed by atoms with Crippen LogP contribution < -0.4 is 5.73 Å². The molecule has 1 aliphatic carbocycles. The van der Waals surface area contributed by atoms with E-state index in [1.165, 1.54) is 0 Å². The summed E-state index contributed by atoms with van der Waals surface area (Å²) in [7, 11) is 1.72. The van der Waals surface area contributed by atoms with Gasteiger partial charge in [-0.15, -0.1) is 0 Å². The van der Waals surface area contributed by atoms with Crippen LogP contribution in [0.15, 0.2) is 4.99 Å². The Bertz CT molecular complexity index is 230. The van der Waals surface area contributed by atoms with Gasteiger partial charge in [0.1, 0.15) is 0 Å². The molecule has 0 aromatic rings. The lowest BCUT2D eigenvalue weighted by Gasteiger charge is -2.17. The Morgan fingerprint density at radius 2 is 2.08 bits per heavy atom. The van der Waals surface area contributed by atoms with Crippen LogP contribution in [0.25, 0.3) is 0 Å². The summed E-state index contributed by atoms with van der Waals surface area (Å²) in [6.45, 7) is 8.27. The minimum absolute atomic E-state index is 0.0305. The number of nitrogens with two attached hydrogens (primary N) is 1. The lowest BCUT2D eigenvalue weighted by atomic mass is 9.95. The number of hydrogen-bond donors (Lipinski definition) is 1. The average Bonchev–Trinajstić information content (AvgIpc) is 2.61. The highest BCUT2D eigenvalue weighted by atomic mass is 16.5. The van der Waals surface area contributed by atoms with Crippen molar-refractivity contribution in [3.05, 3.63) is 0 Å². The van der Waals surface area contributed by atoms with Gasteiger partial charge >= 0.3 is 0 Å². The summed E-state index contributed by atoms with van der Waals surface area (Å²) in [6.07, 6.45) is 0.986. The highest BCUT2D eigenvalue weighted by Gasteiger charge is 2.51. The second-order valence-electron chi connectivity index (χ2n) is 5.00. The van der Waals surface area contributed by atoms with Gasteiger partial charge in [0.25, 0.3) is 0 Å². The fraction of sp³-hybridized carbons (Fsp3) is 0.900. The Morgan fingerprint density at radius 3 is 2.38 bits per heavy atom. The fourth-order valence-corrected chi connectivity index (χ4v) is 1.09. The van der Waals surface area contributed by atoms with E-state index in [9.17, 15) is 0 Å². The van der Waals surface area contributed by atoms with Gasteiger partial charge in [-0.25, -0.2) is 0 Å². The molecule has 2 atom stereocenters. The van der Waals surface area contributed by atoms with Crippen molar-refractivity contribution in [2.45, 2.75) is 45.8 Å². The molecule has 0 amide bonds. The first kappa shape index (κ1) is 10.5. The van der Waals surface area contributed by atoms with Gasteiger partial charge in [0.05, 0.1) is 17.5 Å². The van der Waals surface area contributed by atoms with Crippen molar-refractivity contribution in [3.8, 4) is 0 Å². The molecule has 76 valence electrons. The minimum atomic E-state index is -0.0597. The minimum Gasteiger partial charge on any atom is -0.387 e. The van der Waals surface area contributed by atoms with Gasteiger partial charge < -0.3 is 10.5 Å². The van der Waals surface area contributed by atoms with Crippen LogP contribution in [0.1, 0.15) is 34.1 Å². The Hall–Kier alpha value is -0.570. The first-order valence-corrected chi connectivity index (χ1v) is 4.68. The van der Waals surface area contributed by atoms with E-state index in [2.05, 4.69) is 32.7 Å². The van der Waals surface area contributed by atoms with Gasteiger partial charge in [0.2, 0.25) is 0 Å². The van der Waals surface area contributed by atoms with E-state index in [0.717, 1.165) is 12.3 Å². The molecule has 1 fully saturated rings. The summed E-state index contributed by atoms with van der Waals surface area (Å²) in [6, 6.07) is 0.261. The average molecular weight is 184 g/mol. The monoisotopic (exact) mass is 184 g/mol. The number of rotatable bonds is 2. The standard InChI is InChI=1S/C10H20N2O/c1-9(2,3)8(11)12-7-6-10(7,4)13-5/h7H,6H2,1-5H3,(H2,11,12)/t7-,10+/m1/s1. The van der Waals surface area contributed by atoms with Crippen molar-refractivity contribution in [1.82, 2.24) is 0 Å². The molecule has 0 spiro atoms. The zero-order chi connectivity index (χ0) is 10.3. The molecule has 3 nitrogen and oxygen atoms in total. The summed E-state index contributed by atoms with van der Waals surface area (Å²) in [5.74, 6) is 0.721. The quantitative estimate of drug-likeness (QED) is 0.523. The van der Waals surface area contributed by atoms with Crippen molar-refractivity contribution >= 4 is 5.84 Å². The van der Waals surface area contributed by atoms with Gasteiger partial charge in [0, 0.05) is 18.9 Å². The van der Waals surface area contributed by atoms with Gasteiger partial charge in [-0.2, -0.15) is 0 Å². The maximum absolute atomic E-state index is 5.86. The van der Waals surface area contributed by atoms with Crippen molar-refractivity contribution in [1.29, 1.82) is 0 Å². The smallest absolute Gasteiger partial charge is 0.0996 e. The molecule has 0 aromatic heterocycles. The Balaban J connectivity index is 2.61. The Kier molecular flexibility index (Phi) is 2.41. The number of aliphatic imine (C=N–C) groups is 1. The number of amidine groups is 1. The molecule has 0 unspecified atom stereocenters. The van der Waals surface area contributed by atoms with Crippen LogP contribution in [-0.2, 0) is 4.74 Å². The summed E-state index contributed by atoms with van der Waals surface area (Å²) in [5, 5.41) is 0. The molecule has 2 N–H and O–H groups in total. The topological polar surface area (TPSA) is 47.6 Å². The Labute approximate surface area is 80.4 Å². The van der Waals surface area contributed by atoms with E-state index in [1.807, 2.05) is 0 Å². The maximum atomic E-state index is 5.86. The first-order chi connectivity index (χ1) is 5.79. The zero-order valence-electron chi connectivity index (χ0n) is 9.22. The molecule has 0 aliphatic heterocycles. The van der Waals surface area contributed by atoms with Crippen molar-refractivity contribution in [2.24, 2.45) is 16.1 Å². The molecular weight excluding hydrogens is 164 g/mol. The molecule has 0 bridgehead atoms. The molecule has 3 heteroatoms. The predicted molar refractivity (Wildman–Crippen MR) is 54.9 cm³/mol. The molecule has 1 aliphatic rings. The van der Waals surface area contributed by atoms with E-state index in [4.69, 9.17) is 10.5 Å². The largest absolute Gasteiger partial charge is 0.387 e. The molecule has 0 heterocycles. The molecule has 0 radical (unpaired) electrons. The van der Waals surface area contributed by atoms with Crippen LogP contribution in [0.2, 0.25) is 0 Å². The van der Waals surface area contributed by atoms with Crippen LogP contribution in [0.3, 0.4) is 0 Å². The third-order valence-corrected chi connectivity index (χ3v) is 2.67. The normalized spacial score (nSPS) is 34.8. The molecular formula is C10H20N2O. The molecule has 1 rings (SSSR count). The number of ether oxygens (including phenoxy) is 1. The summed E-state index contributed by atoms with van der Waals surface area (Å²) in [4.78, 5) is 4.45. The van der Waals surface area contributed by atoms with Gasteiger partial charge in [-0.3, -0.25) is 4.99 Å². The van der Waals surface area contributed by atoms with Gasteiger partial charge in [-0.05, 0) is 6.92 Å². The lowest BCUT2D eigenvalue weighted by Crippen LogP contribution is -2.30. The van der Waals surface area contributed by atoms with E-state index >= 15 is 0 Å². The highest BCUT2D eigenvalue weighted by molar-refractivity contribution is 5.85. The van der Waals surface area contributed by atoms with Crippen LogP contribution in [0, 0.1) is 5.41 Å². The van der Waals surface area contributed by atoms with E-state index < -0.39 is 0 Å². The fourth-order valence-electron chi connectivity index (χ4n) is 1.09.